The number of methoxy groups -OCH3 is 1. The Kier molecular flexibility index (Phi) is 7.06. The fourth-order valence-electron chi connectivity index (χ4n) is 4.27. The summed E-state index contributed by atoms with van der Waals surface area (Å²) in [5, 5.41) is 9.41. The number of nitrogens with zero attached hydrogens (tertiary/aromatic N) is 5. The molecule has 1 aliphatic rings. The zero-order valence-corrected chi connectivity index (χ0v) is 22.5. The summed E-state index contributed by atoms with van der Waals surface area (Å²) in [7, 11) is -2.63. The Balaban J connectivity index is 1.44. The molecule has 5 heterocycles. The van der Waals surface area contributed by atoms with Gasteiger partial charge in [-0.15, -0.1) is 11.3 Å². The summed E-state index contributed by atoms with van der Waals surface area (Å²) in [6, 6.07) is 7.25. The molecule has 1 N–H and O–H groups in total. The van der Waals surface area contributed by atoms with Gasteiger partial charge in [-0.25, -0.2) is 18.2 Å². The van der Waals surface area contributed by atoms with Gasteiger partial charge in [-0.05, 0) is 51.8 Å². The lowest BCUT2D eigenvalue weighted by molar-refractivity contribution is 0.0602. The lowest BCUT2D eigenvalue weighted by Crippen LogP contribution is -2.39. The first kappa shape index (κ1) is 24.8. The molecule has 1 atom stereocenters. The highest BCUT2D eigenvalue weighted by Gasteiger charge is 2.35. The molecule has 188 valence electrons. The van der Waals surface area contributed by atoms with Crippen molar-refractivity contribution in [3.05, 3.63) is 68.8 Å². The molecule has 0 saturated carbocycles. The number of ether oxygens (including phenoxy) is 1. The van der Waals surface area contributed by atoms with Crippen LogP contribution in [0.1, 0.15) is 39.7 Å². The van der Waals surface area contributed by atoms with Gasteiger partial charge in [0.05, 0.1) is 23.5 Å². The quantitative estimate of drug-likeness (QED) is 0.322. The topological polar surface area (TPSA) is 119 Å². The van der Waals surface area contributed by atoms with Crippen LogP contribution < -0.4 is 5.32 Å². The largest absolute Gasteiger partial charge is 0.465 e. The SMILES string of the molecule is COC(=O)c1sccc1S(=O)(=O)N1CCCC(c2cc(NCc3cccnc3)n3ncc(Br)c3n2)C1. The van der Waals surface area contributed by atoms with Gasteiger partial charge >= 0.3 is 5.97 Å². The highest BCUT2D eigenvalue weighted by molar-refractivity contribution is 9.10. The Morgan fingerprint density at radius 1 is 1.33 bits per heavy atom. The minimum absolute atomic E-state index is 0.0132. The van der Waals surface area contributed by atoms with E-state index in [4.69, 9.17) is 9.72 Å². The molecular formula is C23H23BrN6O4S2. The molecule has 1 unspecified atom stereocenters. The molecule has 0 amide bonds. The van der Waals surface area contributed by atoms with E-state index in [9.17, 15) is 13.2 Å². The molecule has 10 nitrogen and oxygen atoms in total. The van der Waals surface area contributed by atoms with Crippen LogP contribution in [0.5, 0.6) is 0 Å². The van der Waals surface area contributed by atoms with Crippen molar-refractivity contribution < 1.29 is 17.9 Å². The van der Waals surface area contributed by atoms with Crippen LogP contribution in [0.4, 0.5) is 5.82 Å². The molecular weight excluding hydrogens is 568 g/mol. The maximum atomic E-state index is 13.5. The first-order valence-electron chi connectivity index (χ1n) is 11.2. The number of esters is 1. The number of hydrogen-bond acceptors (Lipinski definition) is 9. The van der Waals surface area contributed by atoms with E-state index in [1.54, 1.807) is 28.5 Å². The fraction of sp³-hybridized carbons (Fsp3) is 0.304. The normalized spacial score (nSPS) is 16.8. The number of hydrogen-bond donors (Lipinski definition) is 1. The van der Waals surface area contributed by atoms with Crippen LogP contribution in [-0.2, 0) is 21.3 Å². The van der Waals surface area contributed by atoms with Crippen molar-refractivity contribution in [1.82, 2.24) is 23.9 Å². The smallest absolute Gasteiger partial charge is 0.349 e. The Bertz CT molecular complexity index is 1510. The number of aromatic nitrogens is 4. The van der Waals surface area contributed by atoms with Crippen LogP contribution in [0.25, 0.3) is 5.65 Å². The predicted molar refractivity (Wildman–Crippen MR) is 139 cm³/mol. The van der Waals surface area contributed by atoms with Crippen molar-refractivity contribution in [1.29, 1.82) is 0 Å². The summed E-state index contributed by atoms with van der Waals surface area (Å²) in [6.45, 7) is 1.18. The second kappa shape index (κ2) is 10.2. The molecule has 5 rings (SSSR count). The molecule has 1 aliphatic heterocycles. The van der Waals surface area contributed by atoms with Crippen LogP contribution in [0.3, 0.4) is 0 Å². The molecule has 13 heteroatoms. The lowest BCUT2D eigenvalue weighted by atomic mass is 9.96. The number of halogens is 1. The van der Waals surface area contributed by atoms with E-state index >= 15 is 0 Å². The van der Waals surface area contributed by atoms with Gasteiger partial charge < -0.3 is 10.1 Å². The standard InChI is InChI=1S/C23H23BrN6O4S2/c1-34-23(31)21-19(6-9-35-21)36(32,33)29-8-3-5-16(14-29)18-10-20(26-12-15-4-2-7-25-11-15)30-22(28-18)17(24)13-27-30/h2,4,6-7,9-11,13,16,26H,3,5,8,12,14H2,1H3. The Hall–Kier alpha value is -2.87. The third-order valence-electron chi connectivity index (χ3n) is 6.07. The van der Waals surface area contributed by atoms with E-state index in [2.05, 4.69) is 31.3 Å². The first-order valence-corrected chi connectivity index (χ1v) is 14.3. The van der Waals surface area contributed by atoms with Gasteiger partial charge in [-0.3, -0.25) is 4.98 Å². The van der Waals surface area contributed by atoms with Gasteiger partial charge in [0.2, 0.25) is 10.0 Å². The molecule has 1 saturated heterocycles. The zero-order valence-electron chi connectivity index (χ0n) is 19.3. The van der Waals surface area contributed by atoms with Crippen LogP contribution in [0.15, 0.2) is 57.6 Å². The summed E-state index contributed by atoms with van der Waals surface area (Å²) in [4.78, 5) is 21.2. The van der Waals surface area contributed by atoms with Crippen molar-refractivity contribution >= 4 is 54.7 Å². The lowest BCUT2D eigenvalue weighted by Gasteiger charge is -2.31. The molecule has 0 aliphatic carbocycles. The molecule has 1 fully saturated rings. The summed E-state index contributed by atoms with van der Waals surface area (Å²) in [5.41, 5.74) is 2.44. The molecule has 0 spiro atoms. The Morgan fingerprint density at radius 2 is 2.19 bits per heavy atom. The minimum atomic E-state index is -3.88. The van der Waals surface area contributed by atoms with E-state index < -0.39 is 16.0 Å². The number of nitrogens with one attached hydrogen (secondary N) is 1. The van der Waals surface area contributed by atoms with E-state index in [0.29, 0.717) is 25.2 Å². The first-order chi connectivity index (χ1) is 17.4. The number of carbonyl (C=O) groups excluding carboxylic acids is 1. The summed E-state index contributed by atoms with van der Waals surface area (Å²) >= 11 is 4.58. The van der Waals surface area contributed by atoms with Crippen LogP contribution in [0, 0.1) is 0 Å². The van der Waals surface area contributed by atoms with E-state index in [1.165, 1.54) is 17.5 Å². The molecule has 36 heavy (non-hydrogen) atoms. The molecule has 4 aromatic heterocycles. The van der Waals surface area contributed by atoms with Crippen molar-refractivity contribution in [2.45, 2.75) is 30.2 Å². The van der Waals surface area contributed by atoms with Crippen LogP contribution in [0.2, 0.25) is 0 Å². The average Bonchev–Trinajstić information content (AvgIpc) is 3.55. The number of sulfonamides is 1. The number of rotatable bonds is 7. The highest BCUT2D eigenvalue weighted by atomic mass is 79.9. The predicted octanol–water partition coefficient (Wildman–Crippen LogP) is 3.92. The third kappa shape index (κ3) is 4.75. The number of thiophene rings is 1. The van der Waals surface area contributed by atoms with Gasteiger partial charge in [-0.1, -0.05) is 6.07 Å². The van der Waals surface area contributed by atoms with Gasteiger partial charge in [-0.2, -0.15) is 13.9 Å². The van der Waals surface area contributed by atoms with Gasteiger partial charge in [0.1, 0.15) is 15.6 Å². The van der Waals surface area contributed by atoms with Gasteiger partial charge in [0.15, 0.2) is 5.65 Å². The van der Waals surface area contributed by atoms with Gasteiger partial charge in [0, 0.05) is 44.0 Å². The van der Waals surface area contributed by atoms with Crippen molar-refractivity contribution in [2.75, 3.05) is 25.5 Å². The fourth-order valence-corrected chi connectivity index (χ4v) is 7.45. The third-order valence-corrected chi connectivity index (χ3v) is 9.56. The van der Waals surface area contributed by atoms with Crippen molar-refractivity contribution in [2.24, 2.45) is 0 Å². The highest BCUT2D eigenvalue weighted by Crippen LogP contribution is 2.34. The number of pyridine rings is 1. The van der Waals surface area contributed by atoms with Crippen LogP contribution in [-0.4, -0.2) is 58.5 Å². The zero-order chi connectivity index (χ0) is 25.3. The van der Waals surface area contributed by atoms with Crippen molar-refractivity contribution in [3.63, 3.8) is 0 Å². The minimum Gasteiger partial charge on any atom is -0.465 e. The van der Waals surface area contributed by atoms with E-state index in [0.717, 1.165) is 39.3 Å². The summed E-state index contributed by atoms with van der Waals surface area (Å²) in [5.74, 6) is -0.0333. The number of piperidine rings is 1. The number of anilines is 1. The number of carbonyl (C=O) groups is 1. The summed E-state index contributed by atoms with van der Waals surface area (Å²) < 4.78 is 35.6. The number of fused-ring (bicyclic) bond motifs is 1. The second-order valence-electron chi connectivity index (χ2n) is 8.32. The Morgan fingerprint density at radius 3 is 2.97 bits per heavy atom. The van der Waals surface area contributed by atoms with E-state index in [1.807, 2.05) is 18.2 Å². The van der Waals surface area contributed by atoms with Crippen molar-refractivity contribution in [3.8, 4) is 0 Å². The molecule has 4 aromatic rings. The summed E-state index contributed by atoms with van der Waals surface area (Å²) in [6.07, 6.45) is 6.67. The van der Waals surface area contributed by atoms with Crippen LogP contribution >= 0.6 is 27.3 Å². The molecule has 0 bridgehead atoms. The monoisotopic (exact) mass is 590 g/mol. The average molecular weight is 592 g/mol. The second-order valence-corrected chi connectivity index (χ2v) is 12.0. The maximum Gasteiger partial charge on any atom is 0.349 e. The molecule has 0 aromatic carbocycles. The van der Waals surface area contributed by atoms with E-state index in [-0.39, 0.29) is 22.2 Å². The maximum absolute atomic E-state index is 13.5. The Labute approximate surface area is 220 Å². The molecule has 0 radical (unpaired) electrons. The van der Waals surface area contributed by atoms with Gasteiger partial charge in [0.25, 0.3) is 0 Å².